The number of thiazole rings is 1. The van der Waals surface area contributed by atoms with E-state index in [1.807, 2.05) is 0 Å². The number of benzene rings is 1. The van der Waals surface area contributed by atoms with Crippen molar-refractivity contribution in [1.82, 2.24) is 10.3 Å². The van der Waals surface area contributed by atoms with Crippen molar-refractivity contribution < 1.29 is 0 Å². The average Bonchev–Trinajstić information content (AvgIpc) is 2.83. The first kappa shape index (κ1) is 14.7. The molecule has 0 spiro atoms. The van der Waals surface area contributed by atoms with E-state index < -0.39 is 0 Å². The van der Waals surface area contributed by atoms with E-state index in [9.17, 15) is 0 Å². The van der Waals surface area contributed by atoms with Gasteiger partial charge < -0.3 is 5.32 Å². The third kappa shape index (κ3) is 3.88. The standard InChI is InChI=1S/C15H19BrN2S/c1-3-9-17-10-14-13(4-2)18-15(19-14)11-5-7-12(16)8-6-11/h5-8,17H,3-4,9-10H2,1-2H3. The maximum absolute atomic E-state index is 4.77. The van der Waals surface area contributed by atoms with Crippen LogP contribution in [0.1, 0.15) is 30.8 Å². The molecule has 102 valence electrons. The molecule has 0 saturated carbocycles. The predicted molar refractivity (Wildman–Crippen MR) is 86.6 cm³/mol. The third-order valence-electron chi connectivity index (χ3n) is 2.92. The van der Waals surface area contributed by atoms with Gasteiger partial charge >= 0.3 is 0 Å². The summed E-state index contributed by atoms with van der Waals surface area (Å²) in [6.07, 6.45) is 2.16. The van der Waals surface area contributed by atoms with Gasteiger partial charge in [0.05, 0.1) is 5.69 Å². The lowest BCUT2D eigenvalue weighted by molar-refractivity contribution is 0.677. The summed E-state index contributed by atoms with van der Waals surface area (Å²) >= 11 is 5.27. The molecule has 1 N–H and O–H groups in total. The topological polar surface area (TPSA) is 24.9 Å². The summed E-state index contributed by atoms with van der Waals surface area (Å²) in [6, 6.07) is 8.37. The van der Waals surface area contributed by atoms with E-state index in [0.29, 0.717) is 0 Å². The Bertz CT molecular complexity index is 519. The van der Waals surface area contributed by atoms with Gasteiger partial charge in [-0.2, -0.15) is 0 Å². The minimum atomic E-state index is 0.936. The van der Waals surface area contributed by atoms with Crippen molar-refractivity contribution >= 4 is 27.3 Å². The van der Waals surface area contributed by atoms with Crippen LogP contribution in [0.3, 0.4) is 0 Å². The highest BCUT2D eigenvalue weighted by molar-refractivity contribution is 9.10. The molecule has 19 heavy (non-hydrogen) atoms. The Labute approximate surface area is 127 Å². The first-order chi connectivity index (χ1) is 9.24. The average molecular weight is 339 g/mol. The first-order valence-corrected chi connectivity index (χ1v) is 8.30. The number of aromatic nitrogens is 1. The smallest absolute Gasteiger partial charge is 0.123 e. The summed E-state index contributed by atoms with van der Waals surface area (Å²) in [7, 11) is 0. The van der Waals surface area contributed by atoms with Gasteiger partial charge in [0.15, 0.2) is 0 Å². The molecule has 2 nitrogen and oxygen atoms in total. The number of rotatable bonds is 6. The van der Waals surface area contributed by atoms with Crippen molar-refractivity contribution in [3.8, 4) is 10.6 Å². The molecule has 2 rings (SSSR count). The quantitative estimate of drug-likeness (QED) is 0.776. The molecule has 0 saturated heterocycles. The SMILES string of the molecule is CCCNCc1sc(-c2ccc(Br)cc2)nc1CC. The third-order valence-corrected chi connectivity index (χ3v) is 4.59. The van der Waals surface area contributed by atoms with Crippen LogP contribution in [0.4, 0.5) is 0 Å². The molecule has 0 aliphatic heterocycles. The highest BCUT2D eigenvalue weighted by atomic mass is 79.9. The van der Waals surface area contributed by atoms with E-state index in [-0.39, 0.29) is 0 Å². The lowest BCUT2D eigenvalue weighted by Gasteiger charge is -2.01. The molecule has 0 unspecified atom stereocenters. The maximum Gasteiger partial charge on any atom is 0.123 e. The summed E-state index contributed by atoms with van der Waals surface area (Å²) in [5, 5.41) is 4.59. The van der Waals surface area contributed by atoms with Crippen molar-refractivity contribution in [3.05, 3.63) is 39.3 Å². The zero-order chi connectivity index (χ0) is 13.7. The van der Waals surface area contributed by atoms with E-state index in [2.05, 4.69) is 59.4 Å². The van der Waals surface area contributed by atoms with E-state index in [1.165, 1.54) is 22.6 Å². The Morgan fingerprint density at radius 3 is 2.58 bits per heavy atom. The lowest BCUT2D eigenvalue weighted by Crippen LogP contribution is -2.13. The molecule has 1 aromatic heterocycles. The molecule has 0 amide bonds. The van der Waals surface area contributed by atoms with Crippen molar-refractivity contribution in [2.45, 2.75) is 33.2 Å². The number of nitrogens with one attached hydrogen (secondary N) is 1. The van der Waals surface area contributed by atoms with Gasteiger partial charge in [0.2, 0.25) is 0 Å². The van der Waals surface area contributed by atoms with Crippen LogP contribution in [0.5, 0.6) is 0 Å². The Balaban J connectivity index is 2.20. The van der Waals surface area contributed by atoms with Gasteiger partial charge in [-0.25, -0.2) is 4.98 Å². The molecule has 0 fully saturated rings. The van der Waals surface area contributed by atoms with Crippen LogP contribution in [-0.2, 0) is 13.0 Å². The maximum atomic E-state index is 4.77. The fourth-order valence-electron chi connectivity index (χ4n) is 1.89. The van der Waals surface area contributed by atoms with Gasteiger partial charge in [-0.15, -0.1) is 11.3 Å². The van der Waals surface area contributed by atoms with Crippen LogP contribution in [-0.4, -0.2) is 11.5 Å². The van der Waals surface area contributed by atoms with Crippen LogP contribution in [0.2, 0.25) is 0 Å². The molecule has 1 aromatic carbocycles. The molecule has 2 aromatic rings. The zero-order valence-corrected chi connectivity index (χ0v) is 13.8. The molecule has 4 heteroatoms. The Morgan fingerprint density at radius 1 is 1.21 bits per heavy atom. The molecule has 0 atom stereocenters. The van der Waals surface area contributed by atoms with Crippen LogP contribution >= 0.6 is 27.3 Å². The van der Waals surface area contributed by atoms with E-state index in [1.54, 1.807) is 11.3 Å². The number of hydrogen-bond donors (Lipinski definition) is 1. The largest absolute Gasteiger partial charge is 0.312 e. The molecule has 0 aliphatic rings. The van der Waals surface area contributed by atoms with E-state index in [4.69, 9.17) is 4.98 Å². The van der Waals surface area contributed by atoms with Crippen molar-refractivity contribution in [2.24, 2.45) is 0 Å². The normalized spacial score (nSPS) is 10.9. The van der Waals surface area contributed by atoms with Crippen LogP contribution in [0, 0.1) is 0 Å². The Morgan fingerprint density at radius 2 is 1.95 bits per heavy atom. The Hall–Kier alpha value is -0.710. The Kier molecular flexibility index (Phi) is 5.55. The van der Waals surface area contributed by atoms with Crippen LogP contribution in [0.15, 0.2) is 28.7 Å². The van der Waals surface area contributed by atoms with Gasteiger partial charge in [-0.05, 0) is 31.5 Å². The number of aryl methyl sites for hydroxylation is 1. The van der Waals surface area contributed by atoms with Gasteiger partial charge in [0.25, 0.3) is 0 Å². The number of hydrogen-bond acceptors (Lipinski definition) is 3. The van der Waals surface area contributed by atoms with Gasteiger partial charge in [0, 0.05) is 21.5 Å². The van der Waals surface area contributed by atoms with E-state index in [0.717, 1.165) is 29.0 Å². The van der Waals surface area contributed by atoms with Gasteiger partial charge in [-0.3, -0.25) is 0 Å². The number of nitrogens with zero attached hydrogens (tertiary/aromatic N) is 1. The lowest BCUT2D eigenvalue weighted by atomic mass is 10.2. The van der Waals surface area contributed by atoms with Gasteiger partial charge in [-0.1, -0.05) is 41.9 Å². The van der Waals surface area contributed by atoms with E-state index >= 15 is 0 Å². The summed E-state index contributed by atoms with van der Waals surface area (Å²) in [5.41, 5.74) is 2.43. The molecular weight excluding hydrogens is 320 g/mol. The molecule has 0 radical (unpaired) electrons. The van der Waals surface area contributed by atoms with Crippen molar-refractivity contribution in [3.63, 3.8) is 0 Å². The first-order valence-electron chi connectivity index (χ1n) is 6.69. The zero-order valence-electron chi connectivity index (χ0n) is 11.4. The molecule has 0 aliphatic carbocycles. The van der Waals surface area contributed by atoms with Crippen molar-refractivity contribution in [2.75, 3.05) is 6.54 Å². The second-order valence-electron chi connectivity index (χ2n) is 4.43. The summed E-state index contributed by atoms with van der Waals surface area (Å²) in [4.78, 5) is 6.14. The fourth-order valence-corrected chi connectivity index (χ4v) is 3.28. The minimum Gasteiger partial charge on any atom is -0.312 e. The molecule has 0 bridgehead atoms. The second kappa shape index (κ2) is 7.17. The summed E-state index contributed by atoms with van der Waals surface area (Å²) in [5.74, 6) is 0. The fraction of sp³-hybridized carbons (Fsp3) is 0.400. The molecule has 1 heterocycles. The van der Waals surface area contributed by atoms with Crippen LogP contribution in [0.25, 0.3) is 10.6 Å². The van der Waals surface area contributed by atoms with Crippen LogP contribution < -0.4 is 5.32 Å². The van der Waals surface area contributed by atoms with Gasteiger partial charge in [0.1, 0.15) is 5.01 Å². The van der Waals surface area contributed by atoms with Crippen molar-refractivity contribution in [1.29, 1.82) is 0 Å². The minimum absolute atomic E-state index is 0.936. The summed E-state index contributed by atoms with van der Waals surface area (Å²) < 4.78 is 1.10. The highest BCUT2D eigenvalue weighted by Crippen LogP contribution is 2.29. The summed E-state index contributed by atoms with van der Waals surface area (Å²) in [6.45, 7) is 6.36. The predicted octanol–water partition coefficient (Wildman–Crippen LogP) is 4.63. The monoisotopic (exact) mass is 338 g/mol. The number of halogens is 1. The highest BCUT2D eigenvalue weighted by Gasteiger charge is 2.10. The molecular formula is C15H19BrN2S. The second-order valence-corrected chi connectivity index (χ2v) is 6.43.